The fourth-order valence-electron chi connectivity index (χ4n) is 2.02. The van der Waals surface area contributed by atoms with E-state index in [0.29, 0.717) is 18.1 Å². The summed E-state index contributed by atoms with van der Waals surface area (Å²) in [6, 6.07) is 10.9. The zero-order valence-corrected chi connectivity index (χ0v) is 12.0. The summed E-state index contributed by atoms with van der Waals surface area (Å²) in [6.45, 7) is 0.580. The van der Waals surface area contributed by atoms with Crippen molar-refractivity contribution in [2.75, 3.05) is 24.8 Å². The van der Waals surface area contributed by atoms with Gasteiger partial charge in [-0.25, -0.2) is 4.98 Å². The van der Waals surface area contributed by atoms with Gasteiger partial charge < -0.3 is 21.1 Å². The fraction of sp³-hybridized carbons (Fsp3) is 0.200. The number of aromatic nitrogens is 1. The Morgan fingerprint density at radius 3 is 2.76 bits per heavy atom. The van der Waals surface area contributed by atoms with E-state index >= 15 is 0 Å². The van der Waals surface area contributed by atoms with Gasteiger partial charge in [0.25, 0.3) is 5.91 Å². The van der Waals surface area contributed by atoms with Crippen LogP contribution in [0.15, 0.2) is 36.4 Å². The van der Waals surface area contributed by atoms with E-state index in [1.807, 2.05) is 36.2 Å². The number of ether oxygens (including phenoxy) is 1. The van der Waals surface area contributed by atoms with Crippen LogP contribution in [0.1, 0.15) is 16.1 Å². The van der Waals surface area contributed by atoms with Crippen LogP contribution < -0.4 is 21.1 Å². The van der Waals surface area contributed by atoms with E-state index in [0.717, 1.165) is 11.3 Å². The zero-order chi connectivity index (χ0) is 15.4. The number of anilines is 2. The first-order valence-corrected chi connectivity index (χ1v) is 6.41. The lowest BCUT2D eigenvalue weighted by atomic mass is 10.2. The van der Waals surface area contributed by atoms with Crippen LogP contribution in [0.4, 0.5) is 11.5 Å². The van der Waals surface area contributed by atoms with Gasteiger partial charge in [-0.3, -0.25) is 4.79 Å². The number of carbonyl (C=O) groups is 1. The second kappa shape index (κ2) is 6.13. The fourth-order valence-corrected chi connectivity index (χ4v) is 2.02. The normalized spacial score (nSPS) is 10.2. The number of pyridine rings is 1. The third-order valence-corrected chi connectivity index (χ3v) is 3.07. The predicted octanol–water partition coefficient (Wildman–Crippen LogP) is 1.41. The van der Waals surface area contributed by atoms with Crippen molar-refractivity contribution in [2.24, 2.45) is 5.73 Å². The highest BCUT2D eigenvalue weighted by Crippen LogP contribution is 2.22. The van der Waals surface area contributed by atoms with Gasteiger partial charge in [-0.05, 0) is 29.8 Å². The maximum atomic E-state index is 11.2. The number of nitrogens with two attached hydrogens (primary N) is 2. The van der Waals surface area contributed by atoms with Gasteiger partial charge >= 0.3 is 0 Å². The third kappa shape index (κ3) is 3.42. The zero-order valence-electron chi connectivity index (χ0n) is 12.0. The molecule has 4 N–H and O–H groups in total. The van der Waals surface area contributed by atoms with Crippen molar-refractivity contribution < 1.29 is 9.53 Å². The number of amides is 1. The number of methoxy groups -OCH3 is 1. The Morgan fingerprint density at radius 1 is 1.33 bits per heavy atom. The Bertz CT molecular complexity index is 658. The molecule has 1 aromatic heterocycles. The van der Waals surface area contributed by atoms with Crippen molar-refractivity contribution in [3.05, 3.63) is 47.7 Å². The number of nitrogens with zero attached hydrogens (tertiary/aromatic N) is 2. The molecule has 2 aromatic rings. The smallest absolute Gasteiger partial charge is 0.267 e. The Hall–Kier alpha value is -2.76. The largest absolute Gasteiger partial charge is 0.497 e. The van der Waals surface area contributed by atoms with Gasteiger partial charge in [-0.2, -0.15) is 0 Å². The molecule has 110 valence electrons. The number of benzene rings is 1. The molecule has 6 nitrogen and oxygen atoms in total. The summed E-state index contributed by atoms with van der Waals surface area (Å²) in [5.74, 6) is 0.730. The van der Waals surface area contributed by atoms with Crippen LogP contribution in [0.25, 0.3) is 0 Å². The van der Waals surface area contributed by atoms with E-state index in [1.165, 1.54) is 6.07 Å². The predicted molar refractivity (Wildman–Crippen MR) is 82.3 cm³/mol. The molecular weight excluding hydrogens is 268 g/mol. The average molecular weight is 286 g/mol. The topological polar surface area (TPSA) is 94.5 Å². The second-order valence-electron chi connectivity index (χ2n) is 4.68. The van der Waals surface area contributed by atoms with Crippen molar-refractivity contribution in [2.45, 2.75) is 6.54 Å². The van der Waals surface area contributed by atoms with Gasteiger partial charge in [-0.1, -0.05) is 12.1 Å². The molecular formula is C15H18N4O2. The van der Waals surface area contributed by atoms with Gasteiger partial charge in [0.05, 0.1) is 12.8 Å². The second-order valence-corrected chi connectivity index (χ2v) is 4.68. The number of primary amides is 1. The lowest BCUT2D eigenvalue weighted by molar-refractivity contribution is 0.0995. The number of hydrogen-bond acceptors (Lipinski definition) is 5. The summed E-state index contributed by atoms with van der Waals surface area (Å²) >= 11 is 0. The van der Waals surface area contributed by atoms with Crippen molar-refractivity contribution in [1.82, 2.24) is 4.98 Å². The number of nitrogen functional groups attached to an aromatic ring is 1. The summed E-state index contributed by atoms with van der Waals surface area (Å²) in [5.41, 5.74) is 12.9. The maximum absolute atomic E-state index is 11.2. The van der Waals surface area contributed by atoms with E-state index < -0.39 is 5.91 Å². The quantitative estimate of drug-likeness (QED) is 0.866. The van der Waals surface area contributed by atoms with Crippen LogP contribution in [0.3, 0.4) is 0 Å². The van der Waals surface area contributed by atoms with Crippen molar-refractivity contribution in [3.63, 3.8) is 0 Å². The molecule has 0 bridgehead atoms. The third-order valence-electron chi connectivity index (χ3n) is 3.07. The first-order valence-electron chi connectivity index (χ1n) is 6.41. The molecule has 0 saturated carbocycles. The highest BCUT2D eigenvalue weighted by molar-refractivity contribution is 5.91. The molecule has 0 atom stereocenters. The number of carbonyl (C=O) groups excluding carboxylic acids is 1. The monoisotopic (exact) mass is 286 g/mol. The molecule has 2 rings (SSSR count). The van der Waals surface area contributed by atoms with Gasteiger partial charge in [0.15, 0.2) is 5.82 Å². The molecule has 0 aliphatic rings. The molecule has 6 heteroatoms. The van der Waals surface area contributed by atoms with E-state index in [1.54, 1.807) is 13.2 Å². The molecule has 0 unspecified atom stereocenters. The number of rotatable bonds is 5. The minimum absolute atomic E-state index is 0.191. The van der Waals surface area contributed by atoms with Crippen molar-refractivity contribution in [3.8, 4) is 5.75 Å². The number of hydrogen-bond donors (Lipinski definition) is 2. The van der Waals surface area contributed by atoms with Gasteiger partial charge in [0, 0.05) is 13.6 Å². The first kappa shape index (κ1) is 14.6. The SMILES string of the molecule is COc1cccc(CN(C)c2nc(C(N)=O)ccc2N)c1. The Balaban J connectivity index is 2.25. The van der Waals surface area contributed by atoms with Crippen LogP contribution in [-0.4, -0.2) is 25.0 Å². The van der Waals surface area contributed by atoms with Crippen molar-refractivity contribution in [1.29, 1.82) is 0 Å². The minimum atomic E-state index is -0.578. The van der Waals surface area contributed by atoms with E-state index in [2.05, 4.69) is 4.98 Å². The molecule has 0 saturated heterocycles. The molecule has 0 spiro atoms. The molecule has 21 heavy (non-hydrogen) atoms. The Morgan fingerprint density at radius 2 is 2.10 bits per heavy atom. The highest BCUT2D eigenvalue weighted by Gasteiger charge is 2.11. The summed E-state index contributed by atoms with van der Waals surface area (Å²) < 4.78 is 5.20. The lowest BCUT2D eigenvalue weighted by Crippen LogP contribution is -2.21. The highest BCUT2D eigenvalue weighted by atomic mass is 16.5. The molecule has 0 fully saturated rings. The van der Waals surface area contributed by atoms with Crippen molar-refractivity contribution >= 4 is 17.4 Å². The van der Waals surface area contributed by atoms with E-state index in [9.17, 15) is 4.79 Å². The van der Waals surface area contributed by atoms with Crippen LogP contribution in [0.2, 0.25) is 0 Å². The van der Waals surface area contributed by atoms with E-state index in [-0.39, 0.29) is 5.69 Å². The van der Waals surface area contributed by atoms with Gasteiger partial charge in [0.1, 0.15) is 11.4 Å². The molecule has 1 amide bonds. The first-order chi connectivity index (χ1) is 10.0. The lowest BCUT2D eigenvalue weighted by Gasteiger charge is -2.20. The molecule has 0 aliphatic carbocycles. The van der Waals surface area contributed by atoms with Crippen LogP contribution >= 0.6 is 0 Å². The van der Waals surface area contributed by atoms with Crippen LogP contribution in [-0.2, 0) is 6.54 Å². The maximum Gasteiger partial charge on any atom is 0.267 e. The molecule has 1 heterocycles. The van der Waals surface area contributed by atoms with Crippen LogP contribution in [0.5, 0.6) is 5.75 Å². The summed E-state index contributed by atoms with van der Waals surface area (Å²) in [6.07, 6.45) is 0. The minimum Gasteiger partial charge on any atom is -0.497 e. The Labute approximate surface area is 123 Å². The average Bonchev–Trinajstić information content (AvgIpc) is 2.47. The summed E-state index contributed by atoms with van der Waals surface area (Å²) in [5, 5.41) is 0. The van der Waals surface area contributed by atoms with Gasteiger partial charge in [-0.15, -0.1) is 0 Å². The Kier molecular flexibility index (Phi) is 4.27. The van der Waals surface area contributed by atoms with E-state index in [4.69, 9.17) is 16.2 Å². The molecule has 0 radical (unpaired) electrons. The van der Waals surface area contributed by atoms with Crippen LogP contribution in [0, 0.1) is 0 Å². The molecule has 0 aliphatic heterocycles. The summed E-state index contributed by atoms with van der Waals surface area (Å²) in [4.78, 5) is 17.3. The molecule has 1 aromatic carbocycles. The standard InChI is InChI=1S/C15H18N4O2/c1-19(9-10-4-3-5-11(8-10)21-2)15-12(16)6-7-13(18-15)14(17)20/h3-8H,9,16H2,1-2H3,(H2,17,20). The van der Waals surface area contributed by atoms with Gasteiger partial charge in [0.2, 0.25) is 0 Å². The summed E-state index contributed by atoms with van der Waals surface area (Å²) in [7, 11) is 3.47.